The SMILES string of the molecule is CCn1ncc(N2CCCCC2C2CCCN2)c(Br)c1=O. The zero-order valence-electron chi connectivity index (χ0n) is 12.5. The summed E-state index contributed by atoms with van der Waals surface area (Å²) in [4.78, 5) is 14.7. The van der Waals surface area contributed by atoms with E-state index in [1.807, 2.05) is 13.1 Å². The first-order valence-corrected chi connectivity index (χ1v) is 8.77. The molecule has 2 aliphatic heterocycles. The number of aromatic nitrogens is 2. The Balaban J connectivity index is 1.93. The Bertz CT molecular complexity index is 553. The molecule has 2 atom stereocenters. The van der Waals surface area contributed by atoms with Crippen molar-refractivity contribution in [2.75, 3.05) is 18.0 Å². The first-order valence-electron chi connectivity index (χ1n) is 7.98. The first kappa shape index (κ1) is 15.0. The summed E-state index contributed by atoms with van der Waals surface area (Å²) < 4.78 is 2.16. The minimum absolute atomic E-state index is 0.0290. The Hall–Kier alpha value is -0.880. The smallest absolute Gasteiger partial charge is 0.283 e. The summed E-state index contributed by atoms with van der Waals surface area (Å²) >= 11 is 3.51. The average Bonchev–Trinajstić information content (AvgIpc) is 3.04. The second-order valence-electron chi connectivity index (χ2n) is 5.92. The molecule has 3 rings (SSSR count). The van der Waals surface area contributed by atoms with Crippen molar-refractivity contribution in [1.29, 1.82) is 0 Å². The summed E-state index contributed by atoms with van der Waals surface area (Å²) in [6.45, 7) is 4.67. The number of halogens is 1. The molecular weight excluding hydrogens is 332 g/mol. The molecule has 1 aromatic rings. The molecule has 3 heterocycles. The molecule has 0 amide bonds. The van der Waals surface area contributed by atoms with E-state index in [1.54, 1.807) is 0 Å². The molecule has 116 valence electrons. The van der Waals surface area contributed by atoms with E-state index < -0.39 is 0 Å². The van der Waals surface area contributed by atoms with Gasteiger partial charge in [0.1, 0.15) is 4.47 Å². The molecule has 0 bridgehead atoms. The van der Waals surface area contributed by atoms with Crippen LogP contribution in [-0.2, 0) is 6.54 Å². The fourth-order valence-corrected chi connectivity index (χ4v) is 4.13. The molecule has 21 heavy (non-hydrogen) atoms. The van der Waals surface area contributed by atoms with E-state index in [0.717, 1.165) is 18.8 Å². The number of anilines is 1. The predicted molar refractivity (Wildman–Crippen MR) is 87.9 cm³/mol. The maximum Gasteiger partial charge on any atom is 0.283 e. The van der Waals surface area contributed by atoms with Crippen LogP contribution in [0.5, 0.6) is 0 Å². The zero-order chi connectivity index (χ0) is 14.8. The van der Waals surface area contributed by atoms with Crippen LogP contribution in [0, 0.1) is 0 Å². The molecule has 2 saturated heterocycles. The van der Waals surface area contributed by atoms with Gasteiger partial charge in [-0.05, 0) is 61.5 Å². The van der Waals surface area contributed by atoms with Gasteiger partial charge in [0, 0.05) is 25.2 Å². The third-order valence-electron chi connectivity index (χ3n) is 4.69. The van der Waals surface area contributed by atoms with E-state index >= 15 is 0 Å². The highest BCUT2D eigenvalue weighted by molar-refractivity contribution is 9.10. The topological polar surface area (TPSA) is 50.2 Å². The molecule has 2 fully saturated rings. The molecule has 0 aromatic carbocycles. The molecule has 0 aliphatic carbocycles. The van der Waals surface area contributed by atoms with Gasteiger partial charge in [-0.25, -0.2) is 4.68 Å². The Morgan fingerprint density at radius 2 is 2.24 bits per heavy atom. The van der Waals surface area contributed by atoms with Gasteiger partial charge in [-0.3, -0.25) is 4.79 Å². The van der Waals surface area contributed by atoms with Crippen LogP contribution in [0.2, 0.25) is 0 Å². The van der Waals surface area contributed by atoms with Crippen LogP contribution in [0.1, 0.15) is 39.0 Å². The zero-order valence-corrected chi connectivity index (χ0v) is 14.1. The maximum absolute atomic E-state index is 12.3. The number of hydrogen-bond donors (Lipinski definition) is 1. The van der Waals surface area contributed by atoms with Crippen LogP contribution >= 0.6 is 15.9 Å². The van der Waals surface area contributed by atoms with Gasteiger partial charge in [-0.1, -0.05) is 0 Å². The second-order valence-corrected chi connectivity index (χ2v) is 6.72. The van der Waals surface area contributed by atoms with E-state index in [0.29, 0.717) is 23.1 Å². The highest BCUT2D eigenvalue weighted by atomic mass is 79.9. The van der Waals surface area contributed by atoms with Crippen molar-refractivity contribution in [1.82, 2.24) is 15.1 Å². The van der Waals surface area contributed by atoms with Gasteiger partial charge >= 0.3 is 0 Å². The molecule has 2 aliphatic rings. The number of piperidine rings is 1. The highest BCUT2D eigenvalue weighted by Gasteiger charge is 2.33. The van der Waals surface area contributed by atoms with E-state index in [4.69, 9.17) is 0 Å². The van der Waals surface area contributed by atoms with Crippen molar-refractivity contribution < 1.29 is 0 Å². The van der Waals surface area contributed by atoms with E-state index in [2.05, 4.69) is 31.2 Å². The van der Waals surface area contributed by atoms with E-state index in [9.17, 15) is 4.79 Å². The van der Waals surface area contributed by atoms with Crippen molar-refractivity contribution >= 4 is 21.6 Å². The lowest BCUT2D eigenvalue weighted by Gasteiger charge is -2.41. The Kier molecular flexibility index (Phi) is 4.64. The van der Waals surface area contributed by atoms with E-state index in [1.165, 1.54) is 36.8 Å². The molecule has 5 nitrogen and oxygen atoms in total. The number of aryl methyl sites for hydroxylation is 1. The molecule has 0 spiro atoms. The Labute approximate surface area is 133 Å². The summed E-state index contributed by atoms with van der Waals surface area (Å²) in [6.07, 6.45) is 8.00. The predicted octanol–water partition coefficient (Wildman–Crippen LogP) is 2.14. The van der Waals surface area contributed by atoms with Gasteiger partial charge in [0.25, 0.3) is 5.56 Å². The maximum atomic E-state index is 12.3. The van der Waals surface area contributed by atoms with Crippen molar-refractivity contribution in [2.45, 2.75) is 57.7 Å². The van der Waals surface area contributed by atoms with Crippen LogP contribution in [-0.4, -0.2) is 35.0 Å². The largest absolute Gasteiger partial charge is 0.365 e. The first-order chi connectivity index (χ1) is 10.2. The van der Waals surface area contributed by atoms with Gasteiger partial charge < -0.3 is 10.2 Å². The van der Waals surface area contributed by atoms with Gasteiger partial charge in [0.15, 0.2) is 0 Å². The Morgan fingerprint density at radius 1 is 1.38 bits per heavy atom. The number of rotatable bonds is 3. The van der Waals surface area contributed by atoms with Crippen LogP contribution < -0.4 is 15.8 Å². The number of nitrogens with zero attached hydrogens (tertiary/aromatic N) is 3. The number of hydrogen-bond acceptors (Lipinski definition) is 4. The Morgan fingerprint density at radius 3 is 2.95 bits per heavy atom. The van der Waals surface area contributed by atoms with Gasteiger partial charge in [-0.15, -0.1) is 0 Å². The fraction of sp³-hybridized carbons (Fsp3) is 0.733. The summed E-state index contributed by atoms with van der Waals surface area (Å²) in [5.41, 5.74) is 0.932. The average molecular weight is 355 g/mol. The van der Waals surface area contributed by atoms with Crippen LogP contribution in [0.4, 0.5) is 5.69 Å². The minimum atomic E-state index is -0.0290. The van der Waals surface area contributed by atoms with Gasteiger partial charge in [0.05, 0.1) is 11.9 Å². The molecule has 0 radical (unpaired) electrons. The summed E-state index contributed by atoms with van der Waals surface area (Å²) in [7, 11) is 0. The van der Waals surface area contributed by atoms with E-state index in [-0.39, 0.29) is 5.56 Å². The third kappa shape index (κ3) is 2.88. The molecule has 1 N–H and O–H groups in total. The molecule has 1 aromatic heterocycles. The third-order valence-corrected chi connectivity index (χ3v) is 5.43. The van der Waals surface area contributed by atoms with Crippen molar-refractivity contribution in [3.8, 4) is 0 Å². The van der Waals surface area contributed by atoms with Crippen LogP contribution in [0.15, 0.2) is 15.5 Å². The lowest BCUT2D eigenvalue weighted by molar-refractivity contribution is 0.377. The fourth-order valence-electron chi connectivity index (χ4n) is 3.60. The monoisotopic (exact) mass is 354 g/mol. The summed E-state index contributed by atoms with van der Waals surface area (Å²) in [6, 6.07) is 1.03. The lowest BCUT2D eigenvalue weighted by Crippen LogP contribution is -2.51. The number of nitrogens with one attached hydrogen (secondary N) is 1. The van der Waals surface area contributed by atoms with Crippen molar-refractivity contribution in [2.24, 2.45) is 0 Å². The molecular formula is C15H23BrN4O. The van der Waals surface area contributed by atoms with Crippen molar-refractivity contribution in [3.63, 3.8) is 0 Å². The highest BCUT2D eigenvalue weighted by Crippen LogP contribution is 2.31. The summed E-state index contributed by atoms with van der Waals surface area (Å²) in [5, 5.41) is 7.93. The molecule has 6 heteroatoms. The molecule has 0 saturated carbocycles. The lowest BCUT2D eigenvalue weighted by atomic mass is 9.94. The van der Waals surface area contributed by atoms with Gasteiger partial charge in [0.2, 0.25) is 0 Å². The van der Waals surface area contributed by atoms with Crippen LogP contribution in [0.3, 0.4) is 0 Å². The van der Waals surface area contributed by atoms with Crippen molar-refractivity contribution in [3.05, 3.63) is 21.0 Å². The summed E-state index contributed by atoms with van der Waals surface area (Å²) in [5.74, 6) is 0. The quantitative estimate of drug-likeness (QED) is 0.903. The normalized spacial score (nSPS) is 26.3. The standard InChI is InChI=1S/C15H23BrN4O/c1-2-20-15(21)14(16)13(10-18-20)19-9-4-3-7-12(19)11-6-5-8-17-11/h10-12,17H,2-9H2,1H3. The minimum Gasteiger partial charge on any atom is -0.365 e. The van der Waals surface area contributed by atoms with Gasteiger partial charge in [-0.2, -0.15) is 5.10 Å². The molecule has 2 unspecified atom stereocenters. The second kappa shape index (κ2) is 6.48. The van der Waals surface area contributed by atoms with Crippen LogP contribution in [0.25, 0.3) is 0 Å².